The van der Waals surface area contributed by atoms with E-state index in [2.05, 4.69) is 73.9 Å². The largest absolute Gasteiger partial charge is 0.464 e. The number of ether oxygens (including phenoxy) is 1. The fourth-order valence-corrected chi connectivity index (χ4v) is 1.06. The fourth-order valence-electron chi connectivity index (χ4n) is 0.734. The maximum absolute atomic E-state index is 10.5. The van der Waals surface area contributed by atoms with Gasteiger partial charge < -0.3 is 9.84 Å². The first-order valence-electron chi connectivity index (χ1n) is 5.32. The van der Waals surface area contributed by atoms with E-state index in [1.54, 1.807) is 0 Å². The topological polar surface area (TPSA) is 66.8 Å². The number of hydrogen-bond donors (Lipinski definition) is 1. The Bertz CT molecular complexity index is 365. The number of amides is 1. The Labute approximate surface area is 140 Å². The lowest BCUT2D eigenvalue weighted by Crippen LogP contribution is -2.25. The second-order valence-corrected chi connectivity index (χ2v) is 4.36. The molecule has 0 saturated carbocycles. The van der Waals surface area contributed by atoms with Crippen LogP contribution in [0, 0.1) is 24.0 Å². The van der Waals surface area contributed by atoms with E-state index in [-0.39, 0.29) is 0 Å². The van der Waals surface area contributed by atoms with Crippen molar-refractivity contribution < 1.29 is 19.4 Å². The molecule has 19 heavy (non-hydrogen) atoms. The van der Waals surface area contributed by atoms with Gasteiger partial charge in [0.1, 0.15) is 6.11 Å². The van der Waals surface area contributed by atoms with Crippen molar-refractivity contribution in [1.82, 2.24) is 4.90 Å². The summed E-state index contributed by atoms with van der Waals surface area (Å²) in [5.41, 5.74) is 0. The maximum atomic E-state index is 10.5. The van der Waals surface area contributed by atoms with Crippen molar-refractivity contribution in [3.8, 4) is 24.0 Å². The van der Waals surface area contributed by atoms with Crippen LogP contribution in [-0.2, 0) is 9.53 Å². The van der Waals surface area contributed by atoms with Gasteiger partial charge in [-0.25, -0.2) is 9.69 Å². The van der Waals surface area contributed by atoms with Crippen molar-refractivity contribution >= 4 is 57.7 Å². The Morgan fingerprint density at radius 2 is 2.00 bits per heavy atom. The molecule has 0 rings (SSSR count). The number of alkyl halides is 2. The summed E-state index contributed by atoms with van der Waals surface area (Å²) < 4.78 is 5.37. The average molecular weight is 491 g/mol. The van der Waals surface area contributed by atoms with Crippen LogP contribution in [0.4, 0.5) is 4.79 Å². The van der Waals surface area contributed by atoms with Crippen molar-refractivity contribution in [3.05, 3.63) is 0 Å². The highest BCUT2D eigenvalue weighted by Gasteiger charge is 2.06. The van der Waals surface area contributed by atoms with Gasteiger partial charge in [0.25, 0.3) is 0 Å². The maximum Gasteiger partial charge on any atom is 0.419 e. The number of carbonyl (C=O) groups excluding carboxylic acids is 1. The number of hydrogen-bond acceptors (Lipinski definition) is 3. The normalized spacial score (nSPS) is 7.53. The first-order chi connectivity index (χ1) is 9.13. The molecule has 0 aromatic carbocycles. The molecule has 1 amide bonds. The molecule has 5 nitrogen and oxygen atoms in total. The van der Waals surface area contributed by atoms with E-state index in [4.69, 9.17) is 5.11 Å². The zero-order valence-electron chi connectivity index (χ0n) is 10.5. The lowest BCUT2D eigenvalue weighted by Gasteiger charge is -2.09. The summed E-state index contributed by atoms with van der Waals surface area (Å²) in [6.07, 6.45) is 3.05. The fraction of sp³-hybridized carbons (Fsp3) is 0.500. The molecule has 0 aliphatic rings. The minimum Gasteiger partial charge on any atom is -0.464 e. The minimum atomic E-state index is -0.958. The summed E-state index contributed by atoms with van der Waals surface area (Å²) in [7, 11) is 0. The van der Waals surface area contributed by atoms with Crippen LogP contribution in [0.2, 0.25) is 0 Å². The van der Waals surface area contributed by atoms with Gasteiger partial charge in [-0.05, 0) is 12.3 Å². The van der Waals surface area contributed by atoms with Crippen LogP contribution in [0.5, 0.6) is 0 Å². The molecule has 0 spiro atoms. The monoisotopic (exact) mass is 491 g/mol. The lowest BCUT2D eigenvalue weighted by atomic mass is 10.3. The number of carbonyl (C=O) groups is 2. The summed E-state index contributed by atoms with van der Waals surface area (Å²) in [5.74, 6) is 5.25. The molecule has 0 unspecified atom stereocenters. The third-order valence-electron chi connectivity index (χ3n) is 1.49. The van der Waals surface area contributed by atoms with Gasteiger partial charge in [-0.3, -0.25) is 4.79 Å². The van der Waals surface area contributed by atoms with E-state index < -0.39 is 6.09 Å². The van der Waals surface area contributed by atoms with E-state index in [9.17, 15) is 9.59 Å². The number of rotatable bonds is 4. The Morgan fingerprint density at radius 3 is 2.42 bits per heavy atom. The van der Waals surface area contributed by atoms with Crippen LogP contribution in [-0.4, -0.2) is 38.0 Å². The third kappa shape index (κ3) is 17.3. The van der Waals surface area contributed by atoms with Crippen LogP contribution < -0.4 is 0 Å². The number of halogens is 2. The van der Waals surface area contributed by atoms with Crippen molar-refractivity contribution in [1.29, 1.82) is 0 Å². The predicted molar refractivity (Wildman–Crippen MR) is 90.1 cm³/mol. The van der Waals surface area contributed by atoms with E-state index in [0.29, 0.717) is 21.9 Å². The summed E-state index contributed by atoms with van der Waals surface area (Å²) in [5, 5.41) is 8.65. The van der Waals surface area contributed by atoms with Gasteiger partial charge in [0.05, 0.1) is 8.86 Å². The van der Waals surface area contributed by atoms with Crippen LogP contribution in [0.3, 0.4) is 0 Å². The second kappa shape index (κ2) is 17.3. The Balaban J connectivity index is 0. The third-order valence-corrected chi connectivity index (χ3v) is 2.26. The molecule has 7 heteroatoms. The van der Waals surface area contributed by atoms with Gasteiger partial charge in [0.15, 0.2) is 0 Å². The zero-order chi connectivity index (χ0) is 14.9. The van der Waals surface area contributed by atoms with Crippen LogP contribution in [0.15, 0.2) is 0 Å². The highest BCUT2D eigenvalue weighted by Crippen LogP contribution is 1.93. The smallest absolute Gasteiger partial charge is 0.419 e. The van der Waals surface area contributed by atoms with Gasteiger partial charge in [0.2, 0.25) is 0 Å². The molecule has 0 heterocycles. The lowest BCUT2D eigenvalue weighted by molar-refractivity contribution is -0.122. The van der Waals surface area contributed by atoms with E-state index in [1.165, 1.54) is 0 Å². The van der Waals surface area contributed by atoms with Gasteiger partial charge >= 0.3 is 12.6 Å². The molecule has 0 aromatic rings. The molecule has 0 radical (unpaired) electrons. The van der Waals surface area contributed by atoms with Crippen molar-refractivity contribution in [2.75, 3.05) is 15.4 Å². The molecule has 0 atom stereocenters. The molecule has 0 aromatic heterocycles. The summed E-state index contributed by atoms with van der Waals surface area (Å²) in [6.45, 7) is 2.83. The molecule has 0 saturated heterocycles. The quantitative estimate of drug-likeness (QED) is 0.216. The Morgan fingerprint density at radius 1 is 1.37 bits per heavy atom. The summed E-state index contributed by atoms with van der Waals surface area (Å²) >= 11 is 4.15. The van der Waals surface area contributed by atoms with Gasteiger partial charge in [-0.15, -0.1) is 0 Å². The summed E-state index contributed by atoms with van der Waals surface area (Å²) in [4.78, 5) is 21.0. The van der Waals surface area contributed by atoms with Crippen molar-refractivity contribution in [3.63, 3.8) is 0 Å². The first-order valence-corrected chi connectivity index (χ1v) is 8.37. The highest BCUT2D eigenvalue weighted by atomic mass is 127. The van der Waals surface area contributed by atoms with Gasteiger partial charge in [-0.1, -0.05) is 64.4 Å². The molecular weight excluding hydrogens is 476 g/mol. The van der Waals surface area contributed by atoms with E-state index >= 15 is 0 Å². The van der Waals surface area contributed by atoms with Crippen molar-refractivity contribution in [2.45, 2.75) is 19.8 Å². The second-order valence-electron chi connectivity index (χ2n) is 2.84. The van der Waals surface area contributed by atoms with Gasteiger partial charge in [0, 0.05) is 12.6 Å². The Hall–Kier alpha value is -0.680. The number of unbranched alkanes of at least 4 members (excludes halogenated alkanes) is 1. The Kier molecular flexibility index (Phi) is 18.8. The average Bonchev–Trinajstić information content (AvgIpc) is 2.40. The molecule has 0 aliphatic carbocycles. The summed E-state index contributed by atoms with van der Waals surface area (Å²) in [6, 6.07) is 2.58. The molecular formula is C12H15I2NO4. The van der Waals surface area contributed by atoms with Gasteiger partial charge in [-0.2, -0.15) is 0 Å². The molecule has 1 N–H and O–H groups in total. The number of nitrogens with zero attached hydrogens (tertiary/aromatic N) is 1. The molecule has 0 fully saturated rings. The first kappa shape index (κ1) is 20.6. The van der Waals surface area contributed by atoms with E-state index in [1.807, 2.05) is 6.92 Å². The SMILES string of the molecule is CCCCN(C#CCI)C(=O)O.O=COC#CCI. The standard InChI is InChI=1S/C8H12INO2.C4H3IO2/c1-2-3-6-10(8(11)12)7-4-5-9;5-2-1-3-7-4-6/h2-3,5-6H2,1H3,(H,11,12);4H,2H2. The van der Waals surface area contributed by atoms with E-state index in [0.717, 1.165) is 17.7 Å². The molecule has 0 aliphatic heterocycles. The van der Waals surface area contributed by atoms with Crippen LogP contribution in [0.1, 0.15) is 19.8 Å². The van der Waals surface area contributed by atoms with Crippen molar-refractivity contribution in [2.24, 2.45) is 0 Å². The molecule has 0 bridgehead atoms. The number of carboxylic acid groups (broad SMARTS) is 1. The molecule has 106 valence electrons. The zero-order valence-corrected chi connectivity index (χ0v) is 14.8. The predicted octanol–water partition coefficient (Wildman–Crippen LogP) is 2.72. The minimum absolute atomic E-state index is 0.305. The van der Waals surface area contributed by atoms with Crippen LogP contribution in [0.25, 0.3) is 0 Å². The highest BCUT2D eigenvalue weighted by molar-refractivity contribution is 14.1. The van der Waals surface area contributed by atoms with Crippen LogP contribution >= 0.6 is 45.2 Å².